The fourth-order valence-corrected chi connectivity index (χ4v) is 1.84. The first-order valence-electron chi connectivity index (χ1n) is 4.17. The predicted octanol–water partition coefficient (Wildman–Crippen LogP) is 2.04. The normalized spacial score (nSPS) is 10.8. The molecule has 0 aliphatic carbocycles. The zero-order valence-corrected chi connectivity index (χ0v) is 8.73. The Hall–Kier alpha value is -1.36. The van der Waals surface area contributed by atoms with Crippen LogP contribution >= 0.6 is 12.2 Å². The van der Waals surface area contributed by atoms with Crippen LogP contribution < -0.4 is 5.01 Å². The Bertz CT molecular complexity index is 526. The minimum Gasteiger partial charge on any atom is -0.329 e. The van der Waals surface area contributed by atoms with Crippen LogP contribution in [0.25, 0.3) is 11.0 Å². The summed E-state index contributed by atoms with van der Waals surface area (Å²) in [6, 6.07) is 4.56. The van der Waals surface area contributed by atoms with Gasteiger partial charge in [0.1, 0.15) is 5.82 Å². The zero-order valence-electron chi connectivity index (χ0n) is 7.91. The van der Waals surface area contributed by atoms with Crippen molar-refractivity contribution in [3.63, 3.8) is 0 Å². The molecule has 1 aromatic carbocycles. The van der Waals surface area contributed by atoms with Crippen molar-refractivity contribution in [2.45, 2.75) is 0 Å². The summed E-state index contributed by atoms with van der Waals surface area (Å²) in [5.74, 6) is -0.264. The van der Waals surface area contributed by atoms with Crippen molar-refractivity contribution in [3.8, 4) is 0 Å². The van der Waals surface area contributed by atoms with Gasteiger partial charge in [-0.15, -0.1) is 0 Å². The summed E-state index contributed by atoms with van der Waals surface area (Å²) in [6.07, 6.45) is 0. The van der Waals surface area contributed by atoms with Crippen LogP contribution in [0.3, 0.4) is 0 Å². The van der Waals surface area contributed by atoms with Gasteiger partial charge in [0.05, 0.1) is 11.0 Å². The van der Waals surface area contributed by atoms with Gasteiger partial charge in [0.2, 0.25) is 0 Å². The Labute approximate surface area is 85.7 Å². The van der Waals surface area contributed by atoms with E-state index in [1.807, 2.05) is 23.8 Å². The lowest BCUT2D eigenvalue weighted by atomic mass is 10.3. The maximum absolute atomic E-state index is 12.9. The smallest absolute Gasteiger partial charge is 0.197 e. The van der Waals surface area contributed by atoms with Crippen LogP contribution in [-0.2, 0) is 0 Å². The number of benzene rings is 1. The second-order valence-corrected chi connectivity index (χ2v) is 3.64. The highest BCUT2D eigenvalue weighted by Gasteiger charge is 2.05. The summed E-state index contributed by atoms with van der Waals surface area (Å²) < 4.78 is 15.3. The quantitative estimate of drug-likeness (QED) is 0.730. The molecule has 0 spiro atoms. The van der Waals surface area contributed by atoms with Crippen LogP contribution in [0.5, 0.6) is 0 Å². The number of fused-ring (bicyclic) bond motifs is 1. The number of nitrogens with zero attached hydrogens (tertiary/aromatic N) is 2. The molecule has 0 aliphatic heterocycles. The zero-order chi connectivity index (χ0) is 10.3. The monoisotopic (exact) mass is 211 g/mol. The molecule has 0 unspecified atom stereocenters. The Morgan fingerprint density at radius 3 is 2.79 bits per heavy atom. The van der Waals surface area contributed by atoms with E-state index in [0.29, 0.717) is 10.3 Å². The summed E-state index contributed by atoms with van der Waals surface area (Å²) in [7, 11) is 3.76. The molecule has 0 fully saturated rings. The number of aromatic amines is 1. The molecule has 5 heteroatoms. The molecule has 0 radical (unpaired) electrons. The highest BCUT2D eigenvalue weighted by atomic mass is 32.1. The number of H-pyrrole nitrogens is 1. The van der Waals surface area contributed by atoms with E-state index >= 15 is 0 Å². The Kier molecular flexibility index (Phi) is 2.03. The molecule has 1 aromatic heterocycles. The molecule has 0 bridgehead atoms. The SMILES string of the molecule is CN(C)n1c(=S)[nH]c2cc(F)ccc21. The van der Waals surface area contributed by atoms with E-state index in [9.17, 15) is 4.39 Å². The Balaban J connectivity index is 2.84. The molecule has 74 valence electrons. The molecule has 1 N–H and O–H groups in total. The third-order valence-corrected chi connectivity index (χ3v) is 2.30. The third-order valence-electron chi connectivity index (χ3n) is 2.02. The average Bonchev–Trinajstić information content (AvgIpc) is 2.39. The summed E-state index contributed by atoms with van der Waals surface area (Å²) >= 11 is 5.12. The molecule has 0 atom stereocenters. The van der Waals surface area contributed by atoms with E-state index in [1.165, 1.54) is 12.1 Å². The number of aromatic nitrogens is 2. The molecular formula is C9H10FN3S. The topological polar surface area (TPSA) is 24.0 Å². The van der Waals surface area contributed by atoms with Gasteiger partial charge in [-0.05, 0) is 30.4 Å². The number of hydrogen-bond acceptors (Lipinski definition) is 2. The lowest BCUT2D eigenvalue weighted by Crippen LogP contribution is -2.24. The number of nitrogens with one attached hydrogen (secondary N) is 1. The van der Waals surface area contributed by atoms with E-state index in [1.54, 1.807) is 6.07 Å². The van der Waals surface area contributed by atoms with E-state index < -0.39 is 0 Å². The van der Waals surface area contributed by atoms with Gasteiger partial charge in [-0.2, -0.15) is 0 Å². The van der Waals surface area contributed by atoms with E-state index in [0.717, 1.165) is 5.52 Å². The van der Waals surface area contributed by atoms with Crippen molar-refractivity contribution < 1.29 is 4.39 Å². The molecule has 2 aromatic rings. The molecule has 1 heterocycles. The lowest BCUT2D eigenvalue weighted by molar-refractivity contribution is 0.629. The maximum atomic E-state index is 12.9. The van der Waals surface area contributed by atoms with E-state index in [4.69, 9.17) is 12.2 Å². The highest BCUT2D eigenvalue weighted by Crippen LogP contribution is 2.14. The van der Waals surface area contributed by atoms with Crippen LogP contribution in [0.15, 0.2) is 18.2 Å². The highest BCUT2D eigenvalue weighted by molar-refractivity contribution is 7.71. The first-order valence-corrected chi connectivity index (χ1v) is 4.58. The van der Waals surface area contributed by atoms with Gasteiger partial charge in [0.15, 0.2) is 4.77 Å². The molecule has 0 amide bonds. The number of rotatable bonds is 1. The number of imidazole rings is 1. The van der Waals surface area contributed by atoms with Gasteiger partial charge in [0.25, 0.3) is 0 Å². The van der Waals surface area contributed by atoms with Crippen LogP contribution in [0, 0.1) is 10.6 Å². The van der Waals surface area contributed by atoms with Crippen molar-refractivity contribution in [3.05, 3.63) is 28.8 Å². The molecule has 14 heavy (non-hydrogen) atoms. The minimum atomic E-state index is -0.264. The van der Waals surface area contributed by atoms with Crippen molar-refractivity contribution in [2.75, 3.05) is 19.1 Å². The van der Waals surface area contributed by atoms with Crippen LogP contribution in [0.4, 0.5) is 4.39 Å². The standard InChI is InChI=1S/C9H10FN3S/c1-12(2)13-8-4-3-6(10)5-7(8)11-9(13)14/h3-5H,1-2H3,(H,11,14). The first kappa shape index (κ1) is 9.21. The van der Waals surface area contributed by atoms with Gasteiger partial charge in [-0.1, -0.05) is 0 Å². The third kappa shape index (κ3) is 1.29. The summed E-state index contributed by atoms with van der Waals surface area (Å²) in [6.45, 7) is 0. The first-order chi connectivity index (χ1) is 6.59. The molecule has 0 aliphatic rings. The van der Waals surface area contributed by atoms with Crippen LogP contribution in [0.2, 0.25) is 0 Å². The van der Waals surface area contributed by atoms with Gasteiger partial charge >= 0.3 is 0 Å². The van der Waals surface area contributed by atoms with E-state index in [2.05, 4.69) is 4.98 Å². The van der Waals surface area contributed by atoms with Gasteiger partial charge in [-0.3, -0.25) is 0 Å². The summed E-state index contributed by atoms with van der Waals surface area (Å²) in [5.41, 5.74) is 1.59. The molecule has 0 saturated carbocycles. The lowest BCUT2D eigenvalue weighted by Gasteiger charge is -2.14. The molecule has 3 nitrogen and oxygen atoms in total. The predicted molar refractivity (Wildman–Crippen MR) is 57.1 cm³/mol. The second kappa shape index (κ2) is 3.09. The van der Waals surface area contributed by atoms with Crippen molar-refractivity contribution in [1.29, 1.82) is 0 Å². The fraction of sp³-hybridized carbons (Fsp3) is 0.222. The number of hydrogen-bond donors (Lipinski definition) is 1. The van der Waals surface area contributed by atoms with Crippen LogP contribution in [-0.4, -0.2) is 23.8 Å². The molecular weight excluding hydrogens is 201 g/mol. The van der Waals surface area contributed by atoms with Crippen LogP contribution in [0.1, 0.15) is 0 Å². The molecule has 2 rings (SSSR count). The van der Waals surface area contributed by atoms with Gasteiger partial charge in [-0.25, -0.2) is 9.07 Å². The average molecular weight is 211 g/mol. The minimum absolute atomic E-state index is 0.264. The fourth-order valence-electron chi connectivity index (χ4n) is 1.47. The summed E-state index contributed by atoms with van der Waals surface area (Å²) in [4.78, 5) is 2.95. The Morgan fingerprint density at radius 2 is 2.14 bits per heavy atom. The van der Waals surface area contributed by atoms with E-state index in [-0.39, 0.29) is 5.82 Å². The van der Waals surface area contributed by atoms with Crippen molar-refractivity contribution in [1.82, 2.24) is 9.66 Å². The second-order valence-electron chi connectivity index (χ2n) is 3.25. The number of halogens is 1. The van der Waals surface area contributed by atoms with Crippen molar-refractivity contribution >= 4 is 23.3 Å². The Morgan fingerprint density at radius 1 is 1.43 bits per heavy atom. The largest absolute Gasteiger partial charge is 0.329 e. The molecule has 0 saturated heterocycles. The van der Waals surface area contributed by atoms with Gasteiger partial charge in [0, 0.05) is 14.1 Å². The van der Waals surface area contributed by atoms with Gasteiger partial charge < -0.3 is 9.99 Å². The maximum Gasteiger partial charge on any atom is 0.197 e. The van der Waals surface area contributed by atoms with Crippen molar-refractivity contribution in [2.24, 2.45) is 0 Å². The summed E-state index contributed by atoms with van der Waals surface area (Å²) in [5, 5.41) is 1.85.